The number of likely N-dealkylation sites (tertiary alicyclic amines) is 1. The second-order valence-corrected chi connectivity index (χ2v) is 6.69. The number of halogens is 2. The van der Waals surface area contributed by atoms with Crippen LogP contribution in [0, 0.1) is 23.0 Å². The number of benzene rings is 1. The van der Waals surface area contributed by atoms with Gasteiger partial charge in [0.2, 0.25) is 0 Å². The third-order valence-corrected chi connectivity index (χ3v) is 4.73. The van der Waals surface area contributed by atoms with Crippen molar-refractivity contribution >= 4 is 12.2 Å². The zero-order chi connectivity index (χ0) is 20.4. The van der Waals surface area contributed by atoms with Crippen LogP contribution in [0.4, 0.5) is 13.6 Å². The Kier molecular flexibility index (Phi) is 5.03. The first-order chi connectivity index (χ1) is 14.0. The number of urea groups is 1. The maximum absolute atomic E-state index is 13.6. The summed E-state index contributed by atoms with van der Waals surface area (Å²) in [7, 11) is 0. The lowest BCUT2D eigenvalue weighted by Crippen LogP contribution is -2.40. The van der Waals surface area contributed by atoms with Crippen molar-refractivity contribution in [1.29, 1.82) is 5.26 Å². The summed E-state index contributed by atoms with van der Waals surface area (Å²) in [6, 6.07) is 5.73. The van der Waals surface area contributed by atoms with E-state index in [2.05, 4.69) is 15.1 Å². The van der Waals surface area contributed by atoms with Crippen LogP contribution in [0.5, 0.6) is 6.01 Å². The molecule has 8 nitrogen and oxygen atoms in total. The van der Waals surface area contributed by atoms with Crippen molar-refractivity contribution < 1.29 is 18.3 Å². The number of nitrogens with zero attached hydrogens (tertiary/aromatic N) is 6. The average molecular weight is 398 g/mol. The number of ether oxygens (including phenoxy) is 1. The number of hydrogen-bond acceptors (Lipinski definition) is 6. The molecule has 148 valence electrons. The van der Waals surface area contributed by atoms with Gasteiger partial charge in [-0.15, -0.1) is 0 Å². The molecule has 2 amide bonds. The summed E-state index contributed by atoms with van der Waals surface area (Å²) >= 11 is 0. The highest BCUT2D eigenvalue weighted by Gasteiger charge is 2.36. The number of carbonyl (C=O) groups excluding carboxylic acids is 1. The number of hydrazone groups is 1. The molecular weight excluding hydrogens is 382 g/mol. The number of carbonyl (C=O) groups is 1. The molecular formula is C19H16F2N6O2. The Labute approximate surface area is 165 Å². The fraction of sp³-hybridized carbons (Fsp3) is 0.316. The fourth-order valence-corrected chi connectivity index (χ4v) is 3.39. The third kappa shape index (κ3) is 3.99. The minimum absolute atomic E-state index is 0.0793. The van der Waals surface area contributed by atoms with E-state index in [1.165, 1.54) is 29.4 Å². The summed E-state index contributed by atoms with van der Waals surface area (Å²) in [5.41, 5.74) is 0.541. The van der Waals surface area contributed by atoms with E-state index in [1.54, 1.807) is 11.1 Å². The molecule has 2 aliphatic heterocycles. The van der Waals surface area contributed by atoms with Gasteiger partial charge in [-0.25, -0.2) is 23.6 Å². The molecule has 2 aliphatic rings. The molecule has 0 radical (unpaired) electrons. The first-order valence-electron chi connectivity index (χ1n) is 9.00. The van der Waals surface area contributed by atoms with Crippen molar-refractivity contribution in [3.8, 4) is 12.1 Å². The molecule has 1 aromatic heterocycles. The Morgan fingerprint density at radius 2 is 2.07 bits per heavy atom. The van der Waals surface area contributed by atoms with Gasteiger partial charge in [-0.05, 0) is 23.8 Å². The average Bonchev–Trinajstić information content (AvgIpc) is 3.36. The predicted octanol–water partition coefficient (Wildman–Crippen LogP) is 2.63. The number of amides is 2. The smallest absolute Gasteiger partial charge is 0.341 e. The van der Waals surface area contributed by atoms with Crippen molar-refractivity contribution in [2.75, 3.05) is 13.1 Å². The molecule has 10 heteroatoms. The summed E-state index contributed by atoms with van der Waals surface area (Å²) in [6.07, 6.45) is 3.58. The number of rotatable bonds is 3. The van der Waals surface area contributed by atoms with E-state index in [9.17, 15) is 13.6 Å². The van der Waals surface area contributed by atoms with Crippen LogP contribution in [0.25, 0.3) is 0 Å². The van der Waals surface area contributed by atoms with Gasteiger partial charge in [-0.1, -0.05) is 0 Å². The first kappa shape index (κ1) is 18.7. The normalized spacial score (nSPS) is 20.7. The van der Waals surface area contributed by atoms with Gasteiger partial charge in [0.1, 0.15) is 29.5 Å². The Hall–Kier alpha value is -3.61. The molecule has 0 aliphatic carbocycles. The molecule has 4 rings (SSSR count). The molecule has 0 unspecified atom stereocenters. The molecule has 2 aromatic rings. The molecule has 3 heterocycles. The first-order valence-corrected chi connectivity index (χ1v) is 9.00. The quantitative estimate of drug-likeness (QED) is 0.792. The van der Waals surface area contributed by atoms with Gasteiger partial charge < -0.3 is 9.64 Å². The third-order valence-electron chi connectivity index (χ3n) is 4.73. The van der Waals surface area contributed by atoms with E-state index in [4.69, 9.17) is 10.00 Å². The van der Waals surface area contributed by atoms with Crippen molar-refractivity contribution in [1.82, 2.24) is 19.9 Å². The summed E-state index contributed by atoms with van der Waals surface area (Å²) in [5.74, 6) is -1.40. The van der Waals surface area contributed by atoms with Crippen LogP contribution >= 0.6 is 0 Å². The number of nitriles is 1. The largest absolute Gasteiger partial charge is 0.458 e. The van der Waals surface area contributed by atoms with Crippen LogP contribution in [0.3, 0.4) is 0 Å². The van der Waals surface area contributed by atoms with Crippen LogP contribution in [0.15, 0.2) is 35.6 Å². The maximum Gasteiger partial charge on any atom is 0.341 e. The standard InChI is InChI=1S/C19H16F2N6O2/c20-13-7-12(8-14(21)9-13)17-2-5-24-27(17)19(28)26-6-3-16(11-26)29-18-23-4-1-15(10-22)25-18/h1,4-5,7-9,16-17H,2-3,6,11H2/t16-,17+/m1/s1. The lowest BCUT2D eigenvalue weighted by atomic mass is 10.0. The van der Waals surface area contributed by atoms with E-state index in [0.717, 1.165) is 6.07 Å². The Balaban J connectivity index is 1.43. The zero-order valence-corrected chi connectivity index (χ0v) is 15.2. The molecule has 0 N–H and O–H groups in total. The highest BCUT2D eigenvalue weighted by molar-refractivity contribution is 5.78. The SMILES string of the molecule is N#Cc1ccnc(O[C@@H]2CCN(C(=O)N3N=CC[C@H]3c3cc(F)cc(F)c3)C2)n1. The predicted molar refractivity (Wildman–Crippen MR) is 96.8 cm³/mol. The maximum atomic E-state index is 13.6. The molecule has 0 spiro atoms. The topological polar surface area (TPSA) is 94.7 Å². The van der Waals surface area contributed by atoms with Crippen molar-refractivity contribution in [2.24, 2.45) is 5.10 Å². The molecule has 29 heavy (non-hydrogen) atoms. The number of hydrogen-bond donors (Lipinski definition) is 0. The van der Waals surface area contributed by atoms with Gasteiger partial charge in [0, 0.05) is 37.9 Å². The number of aromatic nitrogens is 2. The van der Waals surface area contributed by atoms with Gasteiger partial charge >= 0.3 is 12.0 Å². The van der Waals surface area contributed by atoms with Gasteiger partial charge in [0.05, 0.1) is 12.6 Å². The minimum atomic E-state index is -0.700. The van der Waals surface area contributed by atoms with E-state index >= 15 is 0 Å². The highest BCUT2D eigenvalue weighted by Crippen LogP contribution is 2.31. The fourth-order valence-electron chi connectivity index (χ4n) is 3.39. The molecule has 1 saturated heterocycles. The summed E-state index contributed by atoms with van der Waals surface area (Å²) in [5, 5.41) is 14.2. The van der Waals surface area contributed by atoms with E-state index in [0.29, 0.717) is 24.9 Å². The summed E-state index contributed by atoms with van der Waals surface area (Å²) < 4.78 is 32.8. The van der Waals surface area contributed by atoms with Crippen molar-refractivity contribution in [3.05, 3.63) is 53.4 Å². The second-order valence-electron chi connectivity index (χ2n) is 6.69. The van der Waals surface area contributed by atoms with Crippen LogP contribution in [0.1, 0.15) is 30.1 Å². The summed E-state index contributed by atoms with van der Waals surface area (Å²) in [4.78, 5) is 22.4. The van der Waals surface area contributed by atoms with Crippen LogP contribution < -0.4 is 4.74 Å². The lowest BCUT2D eigenvalue weighted by Gasteiger charge is -2.27. The molecule has 1 aromatic carbocycles. The molecule has 0 bridgehead atoms. The zero-order valence-electron chi connectivity index (χ0n) is 15.2. The summed E-state index contributed by atoms with van der Waals surface area (Å²) in [6.45, 7) is 0.715. The second kappa shape index (κ2) is 7.79. The monoisotopic (exact) mass is 398 g/mol. The van der Waals surface area contributed by atoms with E-state index in [-0.39, 0.29) is 30.4 Å². The van der Waals surface area contributed by atoms with Crippen molar-refractivity contribution in [3.63, 3.8) is 0 Å². The van der Waals surface area contributed by atoms with E-state index < -0.39 is 17.7 Å². The Morgan fingerprint density at radius 3 is 2.83 bits per heavy atom. The van der Waals surface area contributed by atoms with Gasteiger partial charge in [0.25, 0.3) is 0 Å². The lowest BCUT2D eigenvalue weighted by molar-refractivity contribution is 0.140. The molecule has 0 saturated carbocycles. The van der Waals surface area contributed by atoms with Gasteiger partial charge in [-0.3, -0.25) is 0 Å². The van der Waals surface area contributed by atoms with Crippen LogP contribution in [-0.2, 0) is 0 Å². The Morgan fingerprint density at radius 1 is 1.28 bits per heavy atom. The van der Waals surface area contributed by atoms with Crippen LogP contribution in [0.2, 0.25) is 0 Å². The van der Waals surface area contributed by atoms with Gasteiger partial charge in [-0.2, -0.15) is 15.3 Å². The highest BCUT2D eigenvalue weighted by atomic mass is 19.1. The van der Waals surface area contributed by atoms with Gasteiger partial charge in [0.15, 0.2) is 0 Å². The van der Waals surface area contributed by atoms with E-state index in [1.807, 2.05) is 6.07 Å². The van der Waals surface area contributed by atoms with Crippen molar-refractivity contribution in [2.45, 2.75) is 25.0 Å². The molecule has 1 fully saturated rings. The minimum Gasteiger partial charge on any atom is -0.458 e. The van der Waals surface area contributed by atoms with Crippen LogP contribution in [-0.4, -0.2) is 51.3 Å². The molecule has 2 atom stereocenters. The Bertz CT molecular complexity index is 988.